The minimum Gasteiger partial charge on any atom is -0.396 e. The number of hydrogen-bond donors (Lipinski definition) is 2. The van der Waals surface area contributed by atoms with Crippen molar-refractivity contribution in [1.82, 2.24) is 24.3 Å². The van der Waals surface area contributed by atoms with Gasteiger partial charge in [-0.1, -0.05) is 25.0 Å². The standard InChI is InChI=1S/C27H35N5O4/c1-3-6-17-9-10-21-24-23(25(34)28-12-11-19-13-30(2)16-29-19)20(15-33)22(14-31(21)26(17)35)32(24)27(36)18-7-4-5-8-18/h3,6,9-10,13,16,18,20,22-24,33H,4-5,7-8,11-12,14-15H2,1-2H3,(H,28,34)/b6-3+/t20-,22-,23+,24+/m0/s1. The van der Waals surface area contributed by atoms with Crippen molar-refractivity contribution < 1.29 is 14.7 Å². The van der Waals surface area contributed by atoms with E-state index in [1.54, 1.807) is 23.0 Å². The van der Waals surface area contributed by atoms with E-state index in [9.17, 15) is 19.5 Å². The number of pyridine rings is 1. The Bertz CT molecular complexity index is 1220. The minimum atomic E-state index is -0.630. The van der Waals surface area contributed by atoms with Crippen LogP contribution in [0.4, 0.5) is 0 Å². The van der Waals surface area contributed by atoms with Crippen molar-refractivity contribution in [2.24, 2.45) is 24.8 Å². The average molecular weight is 494 g/mol. The molecule has 0 radical (unpaired) electrons. The highest BCUT2D eigenvalue weighted by molar-refractivity contribution is 5.85. The van der Waals surface area contributed by atoms with Gasteiger partial charge in [0, 0.05) is 62.5 Å². The number of aryl methyl sites for hydroxylation is 1. The summed E-state index contributed by atoms with van der Waals surface area (Å²) in [6.45, 7) is 2.34. The Morgan fingerprint density at radius 2 is 2.03 bits per heavy atom. The van der Waals surface area contributed by atoms with Gasteiger partial charge < -0.3 is 24.5 Å². The molecule has 2 N–H and O–H groups in total. The van der Waals surface area contributed by atoms with Crippen LogP contribution in [0.2, 0.25) is 0 Å². The number of nitrogens with one attached hydrogen (secondary N) is 1. The summed E-state index contributed by atoms with van der Waals surface area (Å²) in [6.07, 6.45) is 11.6. The maximum Gasteiger partial charge on any atom is 0.258 e. The molecule has 1 saturated carbocycles. The van der Waals surface area contributed by atoms with E-state index in [0.29, 0.717) is 24.2 Å². The Hall–Kier alpha value is -3.20. The van der Waals surface area contributed by atoms with Gasteiger partial charge in [0.15, 0.2) is 0 Å². The molecule has 36 heavy (non-hydrogen) atoms. The Morgan fingerprint density at radius 1 is 1.25 bits per heavy atom. The summed E-state index contributed by atoms with van der Waals surface area (Å²) < 4.78 is 3.58. The van der Waals surface area contributed by atoms with Crippen LogP contribution in [0.25, 0.3) is 6.08 Å². The first-order valence-electron chi connectivity index (χ1n) is 13.0. The molecule has 1 aliphatic carbocycles. The second kappa shape index (κ2) is 10.0. The zero-order valence-electron chi connectivity index (χ0n) is 21.0. The predicted molar refractivity (Wildman–Crippen MR) is 135 cm³/mol. The lowest BCUT2D eigenvalue weighted by Crippen LogP contribution is -2.50. The van der Waals surface area contributed by atoms with Crippen LogP contribution in [-0.4, -0.2) is 55.1 Å². The molecule has 2 amide bonds. The van der Waals surface area contributed by atoms with Gasteiger partial charge in [0.2, 0.25) is 11.8 Å². The first-order valence-corrected chi connectivity index (χ1v) is 13.0. The highest BCUT2D eigenvalue weighted by atomic mass is 16.3. The number of hydrogen-bond acceptors (Lipinski definition) is 5. The van der Waals surface area contributed by atoms with Crippen LogP contribution in [-0.2, 0) is 29.6 Å². The largest absolute Gasteiger partial charge is 0.396 e. The van der Waals surface area contributed by atoms with Crippen molar-refractivity contribution >= 4 is 17.9 Å². The fraction of sp³-hybridized carbons (Fsp3) is 0.556. The van der Waals surface area contributed by atoms with Crippen LogP contribution in [0.15, 0.2) is 35.5 Å². The summed E-state index contributed by atoms with van der Waals surface area (Å²) >= 11 is 0. The van der Waals surface area contributed by atoms with Crippen LogP contribution >= 0.6 is 0 Å². The van der Waals surface area contributed by atoms with Crippen molar-refractivity contribution in [1.29, 1.82) is 0 Å². The molecule has 2 aromatic heterocycles. The van der Waals surface area contributed by atoms with Crippen molar-refractivity contribution in [3.8, 4) is 0 Å². The van der Waals surface area contributed by atoms with Gasteiger partial charge in [-0.15, -0.1) is 0 Å². The number of allylic oxidation sites excluding steroid dienone is 1. The van der Waals surface area contributed by atoms with Gasteiger partial charge >= 0.3 is 0 Å². The molecule has 4 atom stereocenters. The number of nitrogens with zero attached hydrogens (tertiary/aromatic N) is 4. The van der Waals surface area contributed by atoms with Gasteiger partial charge in [-0.3, -0.25) is 14.4 Å². The van der Waals surface area contributed by atoms with Crippen molar-refractivity contribution in [3.63, 3.8) is 0 Å². The van der Waals surface area contributed by atoms with Gasteiger partial charge in [0.05, 0.1) is 30.0 Å². The highest BCUT2D eigenvalue weighted by Crippen LogP contribution is 2.49. The first-order chi connectivity index (χ1) is 17.4. The lowest BCUT2D eigenvalue weighted by atomic mass is 9.86. The zero-order chi connectivity index (χ0) is 25.4. The molecule has 2 aliphatic heterocycles. The number of aromatic nitrogens is 3. The molecule has 0 aromatic carbocycles. The Kier molecular flexibility index (Phi) is 6.83. The molecule has 4 heterocycles. The monoisotopic (exact) mass is 493 g/mol. The molecule has 5 rings (SSSR count). The van der Waals surface area contributed by atoms with Crippen LogP contribution < -0.4 is 10.9 Å². The Balaban J connectivity index is 1.49. The third-order valence-electron chi connectivity index (χ3n) is 8.12. The highest BCUT2D eigenvalue weighted by Gasteiger charge is 2.58. The van der Waals surface area contributed by atoms with Gasteiger partial charge in [-0.05, 0) is 31.9 Å². The molecule has 3 aliphatic rings. The molecule has 9 heteroatoms. The fourth-order valence-corrected chi connectivity index (χ4v) is 6.44. The number of aliphatic hydroxyl groups is 1. The van der Waals surface area contributed by atoms with Crippen LogP contribution in [0.1, 0.15) is 55.6 Å². The second-order valence-electron chi connectivity index (χ2n) is 10.3. The fourth-order valence-electron chi connectivity index (χ4n) is 6.44. The molecule has 192 valence electrons. The Labute approximate surface area is 210 Å². The lowest BCUT2D eigenvalue weighted by molar-refractivity contribution is -0.141. The molecule has 9 nitrogen and oxygen atoms in total. The number of carbonyl (C=O) groups excluding carboxylic acids is 2. The average Bonchev–Trinajstić information content (AvgIpc) is 3.59. The molecule has 0 spiro atoms. The zero-order valence-corrected chi connectivity index (χ0v) is 21.0. The number of aliphatic hydroxyl groups excluding tert-OH is 1. The van der Waals surface area contributed by atoms with Crippen molar-refractivity contribution in [3.05, 3.63) is 58.0 Å². The van der Waals surface area contributed by atoms with E-state index >= 15 is 0 Å². The SMILES string of the molecule is C/C=C/c1ccc2n(c1=O)C[C@H]1[C@H](CO)[C@@H](C(=O)NCCc3cn(C)cn3)[C@@H]2N1C(=O)C1CCCC1. The predicted octanol–water partition coefficient (Wildman–Crippen LogP) is 1.65. The number of amides is 2. The summed E-state index contributed by atoms with van der Waals surface area (Å²) in [6, 6.07) is 2.68. The van der Waals surface area contributed by atoms with E-state index in [0.717, 1.165) is 31.4 Å². The third kappa shape index (κ3) is 4.19. The second-order valence-corrected chi connectivity index (χ2v) is 10.3. The lowest BCUT2D eigenvalue weighted by Gasteiger charge is -2.39. The summed E-state index contributed by atoms with van der Waals surface area (Å²) in [5.74, 6) is -1.27. The van der Waals surface area contributed by atoms with E-state index in [4.69, 9.17) is 0 Å². The van der Waals surface area contributed by atoms with Gasteiger partial charge in [-0.25, -0.2) is 4.98 Å². The van der Waals surface area contributed by atoms with E-state index < -0.39 is 23.9 Å². The number of fused-ring (bicyclic) bond motifs is 4. The maximum atomic E-state index is 13.8. The van der Waals surface area contributed by atoms with E-state index in [1.807, 2.05) is 41.8 Å². The number of rotatable bonds is 7. The third-order valence-corrected chi connectivity index (χ3v) is 8.12. The van der Waals surface area contributed by atoms with Crippen LogP contribution in [0.3, 0.4) is 0 Å². The minimum absolute atomic E-state index is 0.0547. The molecule has 0 unspecified atom stereocenters. The van der Waals surface area contributed by atoms with E-state index in [2.05, 4.69) is 10.3 Å². The smallest absolute Gasteiger partial charge is 0.258 e. The molecule has 2 fully saturated rings. The van der Waals surface area contributed by atoms with Crippen LogP contribution in [0.5, 0.6) is 0 Å². The van der Waals surface area contributed by atoms with Gasteiger partial charge in [0.25, 0.3) is 5.56 Å². The van der Waals surface area contributed by atoms with Gasteiger partial charge in [0.1, 0.15) is 0 Å². The van der Waals surface area contributed by atoms with E-state index in [1.165, 1.54) is 0 Å². The summed E-state index contributed by atoms with van der Waals surface area (Å²) in [4.78, 5) is 46.8. The molecular formula is C27H35N5O4. The first kappa shape index (κ1) is 24.5. The molecule has 1 saturated heterocycles. The maximum absolute atomic E-state index is 13.8. The molecule has 2 bridgehead atoms. The molecule has 2 aromatic rings. The van der Waals surface area contributed by atoms with E-state index in [-0.39, 0.29) is 36.4 Å². The Morgan fingerprint density at radius 3 is 2.69 bits per heavy atom. The number of imidazole rings is 1. The normalized spacial score (nSPS) is 25.5. The van der Waals surface area contributed by atoms with Crippen LogP contribution in [0, 0.1) is 17.8 Å². The topological polar surface area (TPSA) is 109 Å². The summed E-state index contributed by atoms with van der Waals surface area (Å²) in [5.41, 5.74) is 2.01. The van der Waals surface area contributed by atoms with Crippen molar-refractivity contribution in [2.75, 3.05) is 13.2 Å². The summed E-state index contributed by atoms with van der Waals surface area (Å²) in [5, 5.41) is 13.5. The number of carbonyl (C=O) groups is 2. The quantitative estimate of drug-likeness (QED) is 0.610. The molecular weight excluding hydrogens is 458 g/mol. The summed E-state index contributed by atoms with van der Waals surface area (Å²) in [7, 11) is 1.90. The van der Waals surface area contributed by atoms with Gasteiger partial charge in [-0.2, -0.15) is 0 Å². The van der Waals surface area contributed by atoms with Crippen molar-refractivity contribution in [2.45, 2.75) is 57.7 Å².